The van der Waals surface area contributed by atoms with Crippen LogP contribution in [0.4, 0.5) is 0 Å². The minimum atomic E-state index is -0.441. The second-order valence-corrected chi connectivity index (χ2v) is 6.22. The summed E-state index contributed by atoms with van der Waals surface area (Å²) in [7, 11) is 4.57. The lowest BCUT2D eigenvalue weighted by molar-refractivity contribution is -0.135. The molecule has 7 heteroatoms. The maximum absolute atomic E-state index is 12.2. The summed E-state index contributed by atoms with van der Waals surface area (Å²) in [5.41, 5.74) is 1.84. The molecule has 0 fully saturated rings. The van der Waals surface area contributed by atoms with Crippen LogP contribution in [-0.2, 0) is 20.9 Å². The second kappa shape index (κ2) is 9.62. The third-order valence-electron chi connectivity index (χ3n) is 3.58. The Kier molecular flexibility index (Phi) is 7.23. The van der Waals surface area contributed by atoms with E-state index in [0.29, 0.717) is 18.0 Å². The Morgan fingerprint density at radius 2 is 2.00 bits per heavy atom. The molecule has 0 N–H and O–H groups in total. The molecule has 1 heterocycles. The van der Waals surface area contributed by atoms with E-state index in [4.69, 9.17) is 9.47 Å². The summed E-state index contributed by atoms with van der Waals surface area (Å²) in [6.07, 6.45) is 2.93. The van der Waals surface area contributed by atoms with E-state index in [1.807, 2.05) is 16.8 Å². The summed E-state index contributed by atoms with van der Waals surface area (Å²) in [5.74, 6) is 0.363. The lowest BCUT2D eigenvalue weighted by Crippen LogP contribution is -2.30. The molecule has 0 unspecified atom stereocenters. The molecular formula is C19H21NO5S. The molecule has 138 valence electrons. The van der Waals surface area contributed by atoms with E-state index in [0.717, 1.165) is 11.1 Å². The fourth-order valence-corrected chi connectivity index (χ4v) is 2.79. The van der Waals surface area contributed by atoms with Crippen molar-refractivity contribution in [3.05, 3.63) is 52.2 Å². The molecular weight excluding hydrogens is 354 g/mol. The number of methoxy groups -OCH3 is 2. The second-order valence-electron chi connectivity index (χ2n) is 5.44. The van der Waals surface area contributed by atoms with E-state index >= 15 is 0 Å². The van der Waals surface area contributed by atoms with Gasteiger partial charge < -0.3 is 19.1 Å². The van der Waals surface area contributed by atoms with Gasteiger partial charge >= 0.3 is 5.97 Å². The quantitative estimate of drug-likeness (QED) is 0.524. The molecule has 0 atom stereocenters. The van der Waals surface area contributed by atoms with E-state index in [2.05, 4.69) is 4.74 Å². The van der Waals surface area contributed by atoms with Gasteiger partial charge in [0, 0.05) is 19.7 Å². The summed E-state index contributed by atoms with van der Waals surface area (Å²) in [6.45, 7) is 0.453. The predicted octanol–water partition coefficient (Wildman–Crippen LogP) is 2.98. The number of ether oxygens (including phenoxy) is 3. The lowest BCUT2D eigenvalue weighted by atomic mass is 10.2. The van der Waals surface area contributed by atoms with Crippen molar-refractivity contribution < 1.29 is 23.8 Å². The van der Waals surface area contributed by atoms with E-state index in [9.17, 15) is 9.59 Å². The molecule has 0 aliphatic heterocycles. The van der Waals surface area contributed by atoms with Gasteiger partial charge in [-0.25, -0.2) is 4.79 Å². The topological polar surface area (TPSA) is 65.1 Å². The zero-order valence-electron chi connectivity index (χ0n) is 14.9. The number of esters is 1. The SMILES string of the molecule is COC(=O)/C=C/c1ccc(OCC(=O)N(C)Cc2ccsc2)c(OC)c1. The zero-order chi connectivity index (χ0) is 18.9. The van der Waals surface area contributed by atoms with Crippen molar-refractivity contribution in [2.75, 3.05) is 27.9 Å². The van der Waals surface area contributed by atoms with Crippen LogP contribution in [0, 0.1) is 0 Å². The number of nitrogens with zero attached hydrogens (tertiary/aromatic N) is 1. The van der Waals surface area contributed by atoms with Crippen LogP contribution in [0.3, 0.4) is 0 Å². The van der Waals surface area contributed by atoms with Gasteiger partial charge in [0.2, 0.25) is 0 Å². The molecule has 2 aromatic rings. The van der Waals surface area contributed by atoms with E-state index in [1.54, 1.807) is 47.6 Å². The number of benzene rings is 1. The van der Waals surface area contributed by atoms with Crippen LogP contribution < -0.4 is 9.47 Å². The van der Waals surface area contributed by atoms with Crippen molar-refractivity contribution in [1.82, 2.24) is 4.90 Å². The summed E-state index contributed by atoms with van der Waals surface area (Å²) in [4.78, 5) is 25.0. The molecule has 2 rings (SSSR count). The Bertz CT molecular complexity index is 770. The molecule has 0 aliphatic rings. The average Bonchev–Trinajstić information content (AvgIpc) is 3.17. The van der Waals surface area contributed by atoms with Gasteiger partial charge in [-0.05, 0) is 46.2 Å². The molecule has 26 heavy (non-hydrogen) atoms. The van der Waals surface area contributed by atoms with Crippen LogP contribution in [-0.4, -0.2) is 44.7 Å². The maximum atomic E-state index is 12.2. The van der Waals surface area contributed by atoms with Gasteiger partial charge in [-0.1, -0.05) is 6.07 Å². The van der Waals surface area contributed by atoms with Gasteiger partial charge in [-0.2, -0.15) is 11.3 Å². The first kappa shape index (κ1) is 19.5. The van der Waals surface area contributed by atoms with Crippen LogP contribution in [0.2, 0.25) is 0 Å². The van der Waals surface area contributed by atoms with Gasteiger partial charge in [0.1, 0.15) is 0 Å². The molecule has 1 amide bonds. The molecule has 0 bridgehead atoms. The largest absolute Gasteiger partial charge is 0.493 e. The first-order chi connectivity index (χ1) is 12.5. The Balaban J connectivity index is 1.96. The van der Waals surface area contributed by atoms with Crippen LogP contribution in [0.25, 0.3) is 6.08 Å². The van der Waals surface area contributed by atoms with Gasteiger partial charge in [0.15, 0.2) is 18.1 Å². The van der Waals surface area contributed by atoms with Crippen LogP contribution in [0.15, 0.2) is 41.1 Å². The van der Waals surface area contributed by atoms with Crippen molar-refractivity contribution >= 4 is 29.3 Å². The van der Waals surface area contributed by atoms with Crippen LogP contribution >= 0.6 is 11.3 Å². The van der Waals surface area contributed by atoms with Crippen LogP contribution in [0.1, 0.15) is 11.1 Å². The Labute approximate surface area is 156 Å². The average molecular weight is 375 g/mol. The number of hydrogen-bond donors (Lipinski definition) is 0. The van der Waals surface area contributed by atoms with E-state index in [1.165, 1.54) is 20.3 Å². The fourth-order valence-electron chi connectivity index (χ4n) is 2.13. The zero-order valence-corrected chi connectivity index (χ0v) is 15.7. The summed E-state index contributed by atoms with van der Waals surface area (Å²) >= 11 is 1.60. The Morgan fingerprint density at radius 3 is 2.65 bits per heavy atom. The smallest absolute Gasteiger partial charge is 0.330 e. The number of carbonyl (C=O) groups is 2. The molecule has 0 spiro atoms. The van der Waals surface area contributed by atoms with E-state index in [-0.39, 0.29) is 12.5 Å². The molecule has 1 aromatic carbocycles. The minimum absolute atomic E-state index is 0.0889. The number of carbonyl (C=O) groups excluding carboxylic acids is 2. The summed E-state index contributed by atoms with van der Waals surface area (Å²) in [6, 6.07) is 7.16. The van der Waals surface area contributed by atoms with Gasteiger partial charge in [0.05, 0.1) is 14.2 Å². The highest BCUT2D eigenvalue weighted by Gasteiger charge is 2.12. The normalized spacial score (nSPS) is 10.6. The fraction of sp³-hybridized carbons (Fsp3) is 0.263. The summed E-state index contributed by atoms with van der Waals surface area (Å²) in [5, 5.41) is 3.99. The number of likely N-dealkylation sites (N-methyl/N-ethyl adjacent to an activating group) is 1. The van der Waals surface area contributed by atoms with Crippen LogP contribution in [0.5, 0.6) is 11.5 Å². The monoisotopic (exact) mass is 375 g/mol. The number of thiophene rings is 1. The van der Waals surface area contributed by atoms with Gasteiger partial charge in [0.25, 0.3) is 5.91 Å². The van der Waals surface area contributed by atoms with Crippen molar-refractivity contribution in [1.29, 1.82) is 0 Å². The van der Waals surface area contributed by atoms with Gasteiger partial charge in [-0.15, -0.1) is 0 Å². The molecule has 0 radical (unpaired) electrons. The molecule has 1 aromatic heterocycles. The molecule has 0 saturated carbocycles. The van der Waals surface area contributed by atoms with Crippen molar-refractivity contribution in [2.45, 2.75) is 6.54 Å². The lowest BCUT2D eigenvalue weighted by Gasteiger charge is -2.17. The Hall–Kier alpha value is -2.80. The van der Waals surface area contributed by atoms with Crippen molar-refractivity contribution in [3.8, 4) is 11.5 Å². The molecule has 6 nitrogen and oxygen atoms in total. The first-order valence-corrected chi connectivity index (χ1v) is 8.79. The molecule has 0 saturated heterocycles. The van der Waals surface area contributed by atoms with Crippen molar-refractivity contribution in [3.63, 3.8) is 0 Å². The predicted molar refractivity (Wildman–Crippen MR) is 100 cm³/mol. The highest BCUT2D eigenvalue weighted by Crippen LogP contribution is 2.28. The number of amides is 1. The Morgan fingerprint density at radius 1 is 1.19 bits per heavy atom. The number of rotatable bonds is 8. The molecule has 0 aliphatic carbocycles. The minimum Gasteiger partial charge on any atom is -0.493 e. The van der Waals surface area contributed by atoms with E-state index < -0.39 is 5.97 Å². The van der Waals surface area contributed by atoms with Crippen molar-refractivity contribution in [2.24, 2.45) is 0 Å². The first-order valence-electron chi connectivity index (χ1n) is 7.85. The standard InChI is InChI=1S/C19H21NO5S/c1-20(11-15-8-9-26-13-15)18(21)12-25-16-6-4-14(10-17(16)23-2)5-7-19(22)24-3/h4-10,13H,11-12H2,1-3H3/b7-5+. The highest BCUT2D eigenvalue weighted by atomic mass is 32.1. The summed E-state index contributed by atoms with van der Waals surface area (Å²) < 4.78 is 15.5. The third kappa shape index (κ3) is 5.63. The highest BCUT2D eigenvalue weighted by molar-refractivity contribution is 7.07. The van der Waals surface area contributed by atoms with Gasteiger partial charge in [-0.3, -0.25) is 4.79 Å². The number of hydrogen-bond acceptors (Lipinski definition) is 6. The maximum Gasteiger partial charge on any atom is 0.330 e. The third-order valence-corrected chi connectivity index (χ3v) is 4.31.